The van der Waals surface area contributed by atoms with Gasteiger partial charge in [0.2, 0.25) is 5.91 Å². The number of pyridine rings is 2. The highest BCUT2D eigenvalue weighted by Crippen LogP contribution is 2.44. The molecule has 4 aliphatic heterocycles. The Balaban J connectivity index is 1.04. The molecule has 0 spiro atoms. The number of nitrogen functional groups attached to an aromatic ring is 1. The van der Waals surface area contributed by atoms with Crippen molar-refractivity contribution in [3.8, 4) is 39.3 Å². The van der Waals surface area contributed by atoms with E-state index in [-0.39, 0.29) is 54.6 Å². The Bertz CT molecular complexity index is 3550. The van der Waals surface area contributed by atoms with Gasteiger partial charge in [-0.2, -0.15) is 0 Å². The van der Waals surface area contributed by atoms with Gasteiger partial charge in [-0.1, -0.05) is 52.0 Å². The maximum absolute atomic E-state index is 15.0. The quantitative estimate of drug-likeness (QED) is 0.0652. The molecular weight excluding hydrogens is 1090 g/mol. The molecule has 0 radical (unpaired) electrons. The zero-order valence-electron chi connectivity index (χ0n) is 49.4. The molecule has 19 nitrogen and oxygen atoms in total. The van der Waals surface area contributed by atoms with E-state index in [1.165, 1.54) is 9.91 Å². The first-order valence-corrected chi connectivity index (χ1v) is 31.1. The van der Waals surface area contributed by atoms with Gasteiger partial charge in [-0.3, -0.25) is 39.1 Å². The van der Waals surface area contributed by atoms with E-state index in [2.05, 4.69) is 70.2 Å². The van der Waals surface area contributed by atoms with Crippen LogP contribution in [0.25, 0.3) is 44.4 Å². The standard InChI is InChI=1S/C64H79N9O10S/c1-9-72-55-17-14-43-30-50(55)52(58(72)51-31-46(35-67-56(51)39(4)81-8)45-26-41(33-66-34-45)36-71-20-23-84(79,80)24-21-71)32-64(5,6)37-83-63(78)53-11-10-19-73(69-53)61(76)54(28-40-25-44(43)29-48(74)27-40)68-60(75)57(38(2)3)70(7)62(77)59-49(18-22-82-59)42-12-15-47(65)16-13-42/h12-17,25-27,29-31,33-35,38-39,49,53-54,57,59,69,74H,9-11,18-24,28,32,36-37,65H2,1-8H3,(H,68,75). The number of nitrogens with two attached hydrogens (primary N) is 1. The molecule has 5 N–H and O–H groups in total. The van der Waals surface area contributed by atoms with Crippen molar-refractivity contribution in [3.05, 3.63) is 119 Å². The number of phenolic OH excluding ortho intramolecular Hbond substituents is 1. The number of cyclic esters (lactones) is 1. The molecule has 6 atom stereocenters. The number of hydrazine groups is 1. The lowest BCUT2D eigenvalue weighted by atomic mass is 9.83. The zero-order chi connectivity index (χ0) is 59.8. The molecule has 7 heterocycles. The molecular formula is C64H79N9O10S. The van der Waals surface area contributed by atoms with Gasteiger partial charge < -0.3 is 39.8 Å². The van der Waals surface area contributed by atoms with E-state index in [0.717, 1.165) is 61.2 Å². The first-order chi connectivity index (χ1) is 40.1. The van der Waals surface area contributed by atoms with E-state index in [9.17, 15) is 27.9 Å². The number of nitrogens with zero attached hydrogens (tertiary/aromatic N) is 6. The van der Waals surface area contributed by atoms with Gasteiger partial charge in [0.05, 0.1) is 35.6 Å². The Morgan fingerprint density at radius 3 is 2.42 bits per heavy atom. The Kier molecular flexibility index (Phi) is 17.7. The van der Waals surface area contributed by atoms with Gasteiger partial charge in [-0.15, -0.1) is 0 Å². The van der Waals surface area contributed by atoms with Gasteiger partial charge in [0.1, 0.15) is 30.0 Å². The summed E-state index contributed by atoms with van der Waals surface area (Å²) >= 11 is 0. The van der Waals surface area contributed by atoms with Crippen LogP contribution in [0.3, 0.4) is 0 Å². The van der Waals surface area contributed by atoms with Crippen LogP contribution in [0.15, 0.2) is 91.4 Å². The predicted octanol–water partition coefficient (Wildman–Crippen LogP) is 7.38. The lowest BCUT2D eigenvalue weighted by molar-refractivity contribution is -0.155. The van der Waals surface area contributed by atoms with Gasteiger partial charge in [0, 0.05) is 123 Å². The fraction of sp³-hybridized carbons (Fsp3) is 0.469. The second kappa shape index (κ2) is 24.8. The number of aromatic hydroxyl groups is 1. The van der Waals surface area contributed by atoms with Gasteiger partial charge >= 0.3 is 5.97 Å². The molecule has 6 bridgehead atoms. The average molecular weight is 1170 g/mol. The van der Waals surface area contributed by atoms with Gasteiger partial charge in [-0.05, 0) is 127 Å². The summed E-state index contributed by atoms with van der Waals surface area (Å²) in [6.45, 7) is 14.6. The molecule has 0 saturated carbocycles. The number of amides is 3. The molecule has 84 heavy (non-hydrogen) atoms. The fourth-order valence-corrected chi connectivity index (χ4v) is 13.9. The molecule has 10 rings (SSSR count). The van der Waals surface area contributed by atoms with Crippen molar-refractivity contribution in [1.82, 2.24) is 40.1 Å². The lowest BCUT2D eigenvalue weighted by Gasteiger charge is -2.37. The van der Waals surface area contributed by atoms with Crippen molar-refractivity contribution in [2.45, 2.75) is 123 Å². The van der Waals surface area contributed by atoms with Crippen molar-refractivity contribution in [2.75, 3.05) is 64.2 Å². The van der Waals surface area contributed by atoms with Crippen LogP contribution in [-0.2, 0) is 69.2 Å². The summed E-state index contributed by atoms with van der Waals surface area (Å²) in [6.07, 6.45) is 6.13. The van der Waals surface area contributed by atoms with E-state index >= 15 is 4.79 Å². The highest BCUT2D eigenvalue weighted by atomic mass is 32.2. The summed E-state index contributed by atoms with van der Waals surface area (Å²) in [7, 11) is 0.211. The number of esters is 1. The number of ether oxygens (including phenoxy) is 3. The molecule has 3 aromatic carbocycles. The number of aromatic nitrogens is 3. The number of benzene rings is 3. The predicted molar refractivity (Wildman–Crippen MR) is 322 cm³/mol. The monoisotopic (exact) mass is 1170 g/mol. The number of phenols is 1. The summed E-state index contributed by atoms with van der Waals surface area (Å²) < 4.78 is 45.1. The minimum Gasteiger partial charge on any atom is -0.508 e. The molecule has 446 valence electrons. The van der Waals surface area contributed by atoms with Crippen LogP contribution in [-0.4, -0.2) is 149 Å². The van der Waals surface area contributed by atoms with E-state index in [1.54, 1.807) is 38.4 Å². The molecule has 3 aromatic heterocycles. The number of methoxy groups -OCH3 is 1. The van der Waals surface area contributed by atoms with Crippen LogP contribution in [0, 0.1) is 11.3 Å². The van der Waals surface area contributed by atoms with E-state index in [1.807, 2.05) is 63.6 Å². The fourth-order valence-electron chi connectivity index (χ4n) is 12.6. The van der Waals surface area contributed by atoms with Gasteiger partial charge in [0.15, 0.2) is 9.84 Å². The lowest BCUT2D eigenvalue weighted by Crippen LogP contribution is -2.62. The second-order valence-electron chi connectivity index (χ2n) is 24.3. The Morgan fingerprint density at radius 2 is 1.69 bits per heavy atom. The number of hydrogen-bond donors (Lipinski definition) is 4. The van der Waals surface area contributed by atoms with Crippen molar-refractivity contribution >= 4 is 50.1 Å². The Hall–Kier alpha value is -7.23. The molecule has 6 aromatic rings. The highest BCUT2D eigenvalue weighted by Gasteiger charge is 2.43. The number of fused-ring (bicyclic) bond motifs is 6. The number of likely N-dealkylation sites (N-methyl/N-ethyl adjacent to an activating group) is 1. The first-order valence-electron chi connectivity index (χ1n) is 29.3. The maximum atomic E-state index is 15.0. The SMILES string of the molecule is CCn1c(-c2cc(-c3cncc(CN4CCS(=O)(=O)CC4)c3)cnc2C(C)OC)c2c3cc(ccc31)-c1cc(O)cc(c1)CC(NC(=O)C(C(C)C)N(C)C(=O)C1OCCC1c1ccc(N)cc1)C(=O)N1CCCC(N1)C(=O)OCC(C)(C)C2. The molecule has 20 heteroatoms. The normalized spacial score (nSPS) is 21.8. The zero-order valence-corrected chi connectivity index (χ0v) is 50.2. The van der Waals surface area contributed by atoms with Crippen LogP contribution in [0.4, 0.5) is 5.69 Å². The Morgan fingerprint density at radius 1 is 0.940 bits per heavy atom. The molecule has 4 aliphatic rings. The third-order valence-corrected chi connectivity index (χ3v) is 18.7. The number of hydrogen-bond acceptors (Lipinski definition) is 15. The van der Waals surface area contributed by atoms with E-state index < -0.39 is 63.4 Å². The molecule has 3 amide bonds. The molecule has 0 aliphatic carbocycles. The minimum absolute atomic E-state index is 0.0391. The third kappa shape index (κ3) is 12.9. The van der Waals surface area contributed by atoms with E-state index in [4.69, 9.17) is 24.9 Å². The molecule has 6 unspecified atom stereocenters. The van der Waals surface area contributed by atoms with Gasteiger partial charge in [-0.25, -0.2) is 13.8 Å². The van der Waals surface area contributed by atoms with Gasteiger partial charge in [0.25, 0.3) is 11.8 Å². The molecule has 3 fully saturated rings. The summed E-state index contributed by atoms with van der Waals surface area (Å²) in [4.78, 5) is 71.9. The average Bonchev–Trinajstić information content (AvgIpc) is 1.80. The molecule has 3 saturated heterocycles. The van der Waals surface area contributed by atoms with Crippen LogP contribution in [0.2, 0.25) is 0 Å². The maximum Gasteiger partial charge on any atom is 0.324 e. The number of aryl methyl sites for hydroxylation is 1. The number of carbonyl (C=O) groups excluding carboxylic acids is 4. The number of nitrogens with one attached hydrogen (secondary N) is 2. The number of sulfone groups is 1. The number of rotatable bonds is 13. The van der Waals surface area contributed by atoms with Crippen LogP contribution in [0.5, 0.6) is 5.75 Å². The largest absolute Gasteiger partial charge is 0.508 e. The smallest absolute Gasteiger partial charge is 0.324 e. The summed E-state index contributed by atoms with van der Waals surface area (Å²) in [5.74, 6) is -2.33. The highest BCUT2D eigenvalue weighted by molar-refractivity contribution is 7.91. The minimum atomic E-state index is -3.04. The second-order valence-corrected chi connectivity index (χ2v) is 26.6. The van der Waals surface area contributed by atoms with Crippen LogP contribution < -0.4 is 16.5 Å². The number of carbonyl (C=O) groups is 4. The van der Waals surface area contributed by atoms with Crippen LogP contribution >= 0.6 is 0 Å². The summed E-state index contributed by atoms with van der Waals surface area (Å²) in [5.41, 5.74) is 19.1. The van der Waals surface area contributed by atoms with Crippen LogP contribution in [0.1, 0.15) is 101 Å². The van der Waals surface area contributed by atoms with E-state index in [0.29, 0.717) is 75.3 Å². The van der Waals surface area contributed by atoms with Crippen molar-refractivity contribution < 1.29 is 46.9 Å². The number of anilines is 1. The van der Waals surface area contributed by atoms with Crippen molar-refractivity contribution in [1.29, 1.82) is 0 Å². The third-order valence-electron chi connectivity index (χ3n) is 17.1. The summed E-state index contributed by atoms with van der Waals surface area (Å²) in [5, 5.41) is 17.0. The van der Waals surface area contributed by atoms with Crippen molar-refractivity contribution in [3.63, 3.8) is 0 Å². The topological polar surface area (TPSA) is 241 Å². The van der Waals surface area contributed by atoms with Crippen molar-refractivity contribution in [2.24, 2.45) is 11.3 Å². The Labute approximate surface area is 492 Å². The summed E-state index contributed by atoms with van der Waals surface area (Å²) in [6, 6.07) is 19.9. The first kappa shape index (κ1) is 59.9.